The lowest BCUT2D eigenvalue weighted by molar-refractivity contribution is -0.990. The van der Waals surface area contributed by atoms with Gasteiger partial charge < -0.3 is 5.11 Å². The molecular formula is C9H14N3O2S+. The smallest absolute Gasteiger partial charge is 0.365 e. The summed E-state index contributed by atoms with van der Waals surface area (Å²) in [6, 6.07) is 0. The Bertz CT molecular complexity index is 384. The van der Waals surface area contributed by atoms with Crippen LogP contribution in [0, 0.1) is 0 Å². The Kier molecular flexibility index (Phi) is 2.29. The molecule has 5 nitrogen and oxygen atoms in total. The van der Waals surface area contributed by atoms with E-state index in [0.717, 1.165) is 28.3 Å². The Morgan fingerprint density at radius 3 is 2.60 bits per heavy atom. The van der Waals surface area contributed by atoms with Gasteiger partial charge in [0.25, 0.3) is 0 Å². The summed E-state index contributed by atoms with van der Waals surface area (Å²) in [5, 5.41) is 11.2. The first-order valence-corrected chi connectivity index (χ1v) is 5.48. The second kappa shape index (κ2) is 3.26. The third-order valence-electron chi connectivity index (χ3n) is 2.47. The van der Waals surface area contributed by atoms with E-state index in [2.05, 4.69) is 31.1 Å². The maximum Gasteiger partial charge on any atom is 0.365 e. The molecule has 0 radical (unpaired) electrons. The lowest BCUT2D eigenvalue weighted by Gasteiger charge is -2.32. The maximum atomic E-state index is 10.7. The molecule has 15 heavy (non-hydrogen) atoms. The minimum atomic E-state index is -0.925. The van der Waals surface area contributed by atoms with Crippen LogP contribution < -0.4 is 0 Å². The molecule has 0 spiro atoms. The second-order valence-corrected chi connectivity index (χ2v) is 5.54. The summed E-state index contributed by atoms with van der Waals surface area (Å²) in [5.41, 5.74) is 0.922. The zero-order valence-corrected chi connectivity index (χ0v) is 9.84. The summed E-state index contributed by atoms with van der Waals surface area (Å²) in [6.45, 7) is 1.53. The zero-order valence-electron chi connectivity index (χ0n) is 9.02. The van der Waals surface area contributed by atoms with Crippen LogP contribution in [0.25, 0.3) is 0 Å². The highest BCUT2D eigenvalue weighted by molar-refractivity contribution is 7.13. The number of carboxylic acid groups (broad SMARTS) is 1. The SMILES string of the molecule is C[N+](C)(C)N1Cc2nc(C(=O)O)sc2C1. The van der Waals surface area contributed by atoms with Crippen molar-refractivity contribution < 1.29 is 14.5 Å². The number of thiazole rings is 1. The number of quaternary nitrogens is 1. The topological polar surface area (TPSA) is 53.4 Å². The van der Waals surface area contributed by atoms with Crippen LogP contribution in [-0.4, -0.2) is 46.8 Å². The average Bonchev–Trinajstić information content (AvgIpc) is 2.55. The van der Waals surface area contributed by atoms with E-state index in [1.165, 1.54) is 11.3 Å². The summed E-state index contributed by atoms with van der Waals surface area (Å²) in [7, 11) is 6.28. The molecule has 0 saturated carbocycles. The molecule has 6 heteroatoms. The van der Waals surface area contributed by atoms with Crippen molar-refractivity contribution in [1.29, 1.82) is 0 Å². The third kappa shape index (κ3) is 1.88. The molecular weight excluding hydrogens is 214 g/mol. The molecule has 0 fully saturated rings. The van der Waals surface area contributed by atoms with Gasteiger partial charge in [0, 0.05) is 4.88 Å². The zero-order chi connectivity index (χ0) is 11.2. The van der Waals surface area contributed by atoms with Gasteiger partial charge in [-0.25, -0.2) is 14.4 Å². The van der Waals surface area contributed by atoms with Crippen molar-refractivity contribution in [3.63, 3.8) is 0 Å². The van der Waals surface area contributed by atoms with Gasteiger partial charge in [0.15, 0.2) is 0 Å². The maximum absolute atomic E-state index is 10.7. The van der Waals surface area contributed by atoms with E-state index in [9.17, 15) is 4.79 Å². The van der Waals surface area contributed by atoms with Crippen molar-refractivity contribution in [2.45, 2.75) is 13.1 Å². The molecule has 0 aromatic carbocycles. The fraction of sp³-hybridized carbons (Fsp3) is 0.556. The van der Waals surface area contributed by atoms with Crippen LogP contribution in [0.1, 0.15) is 20.4 Å². The van der Waals surface area contributed by atoms with Crippen molar-refractivity contribution in [3.8, 4) is 0 Å². The molecule has 1 aliphatic rings. The predicted octanol–water partition coefficient (Wildman–Crippen LogP) is 0.778. The number of fused-ring (bicyclic) bond motifs is 1. The fourth-order valence-corrected chi connectivity index (χ4v) is 2.46. The normalized spacial score (nSPS) is 16.7. The van der Waals surface area contributed by atoms with E-state index in [0.29, 0.717) is 0 Å². The lowest BCUT2D eigenvalue weighted by atomic mass is 10.4. The monoisotopic (exact) mass is 228 g/mol. The molecule has 1 aliphatic heterocycles. The van der Waals surface area contributed by atoms with Gasteiger partial charge in [0.2, 0.25) is 5.01 Å². The van der Waals surface area contributed by atoms with Crippen LogP contribution in [-0.2, 0) is 13.1 Å². The van der Waals surface area contributed by atoms with E-state index in [4.69, 9.17) is 5.11 Å². The summed E-state index contributed by atoms with van der Waals surface area (Å²) in [6.07, 6.45) is 0. The Morgan fingerprint density at radius 1 is 1.47 bits per heavy atom. The first kappa shape index (κ1) is 10.5. The van der Waals surface area contributed by atoms with Crippen LogP contribution >= 0.6 is 11.3 Å². The average molecular weight is 228 g/mol. The van der Waals surface area contributed by atoms with Crippen molar-refractivity contribution in [2.24, 2.45) is 0 Å². The standard InChI is InChI=1S/C9H13N3O2S/c1-12(2,3)11-4-6-7(5-11)15-8(10-6)9(13)14/h4-5H2,1-3H3/p+1. The third-order valence-corrected chi connectivity index (χ3v) is 3.54. The van der Waals surface area contributed by atoms with Crippen LogP contribution in [0.4, 0.5) is 0 Å². The van der Waals surface area contributed by atoms with Gasteiger partial charge in [-0.15, -0.1) is 16.3 Å². The first-order chi connectivity index (χ1) is 6.88. The van der Waals surface area contributed by atoms with Crippen LogP contribution in [0.15, 0.2) is 0 Å². The summed E-state index contributed by atoms with van der Waals surface area (Å²) in [5.74, 6) is -0.925. The Morgan fingerprint density at radius 2 is 2.13 bits per heavy atom. The quantitative estimate of drug-likeness (QED) is 0.760. The van der Waals surface area contributed by atoms with E-state index < -0.39 is 5.97 Å². The molecule has 1 aromatic rings. The second-order valence-electron chi connectivity index (χ2n) is 4.46. The van der Waals surface area contributed by atoms with Gasteiger partial charge in [0.05, 0.1) is 39.9 Å². The Hall–Kier alpha value is -0.980. The van der Waals surface area contributed by atoms with Gasteiger partial charge in [-0.05, 0) is 0 Å². The predicted molar refractivity (Wildman–Crippen MR) is 56.4 cm³/mol. The van der Waals surface area contributed by atoms with Crippen molar-refractivity contribution in [2.75, 3.05) is 21.1 Å². The number of nitrogens with zero attached hydrogens (tertiary/aromatic N) is 3. The number of aromatic carboxylic acids is 1. The summed E-state index contributed by atoms with van der Waals surface area (Å²) >= 11 is 1.29. The molecule has 0 amide bonds. The fourth-order valence-electron chi connectivity index (χ4n) is 1.54. The molecule has 2 heterocycles. The van der Waals surface area contributed by atoms with Gasteiger partial charge in [-0.1, -0.05) is 0 Å². The molecule has 1 aromatic heterocycles. The summed E-state index contributed by atoms with van der Waals surface area (Å²) < 4.78 is 0.742. The molecule has 0 bridgehead atoms. The van der Waals surface area contributed by atoms with E-state index >= 15 is 0 Å². The molecule has 0 unspecified atom stereocenters. The molecule has 82 valence electrons. The van der Waals surface area contributed by atoms with Crippen molar-refractivity contribution >= 4 is 17.3 Å². The lowest BCUT2D eigenvalue weighted by Crippen LogP contribution is -2.48. The molecule has 1 N–H and O–H groups in total. The Labute approximate surface area is 92.1 Å². The van der Waals surface area contributed by atoms with Gasteiger partial charge in [-0.2, -0.15) is 0 Å². The molecule has 2 rings (SSSR count). The minimum Gasteiger partial charge on any atom is -0.476 e. The highest BCUT2D eigenvalue weighted by Gasteiger charge is 2.32. The number of hydrogen-bond acceptors (Lipinski definition) is 4. The number of carboxylic acids is 1. The van der Waals surface area contributed by atoms with Crippen molar-refractivity contribution in [1.82, 2.24) is 9.99 Å². The van der Waals surface area contributed by atoms with Crippen LogP contribution in [0.3, 0.4) is 0 Å². The summed E-state index contributed by atoms with van der Waals surface area (Å²) in [4.78, 5) is 15.9. The van der Waals surface area contributed by atoms with Crippen molar-refractivity contribution in [3.05, 3.63) is 15.6 Å². The number of hydrogen-bond donors (Lipinski definition) is 1. The van der Waals surface area contributed by atoms with Gasteiger partial charge in [0.1, 0.15) is 0 Å². The Balaban J connectivity index is 2.21. The van der Waals surface area contributed by atoms with E-state index in [-0.39, 0.29) is 5.01 Å². The number of aromatic nitrogens is 1. The minimum absolute atomic E-state index is 0.209. The largest absolute Gasteiger partial charge is 0.476 e. The molecule has 0 atom stereocenters. The van der Waals surface area contributed by atoms with Gasteiger partial charge in [-0.3, -0.25) is 0 Å². The van der Waals surface area contributed by atoms with E-state index in [1.807, 2.05) is 0 Å². The van der Waals surface area contributed by atoms with E-state index in [1.54, 1.807) is 0 Å². The highest BCUT2D eigenvalue weighted by Crippen LogP contribution is 2.29. The van der Waals surface area contributed by atoms with Gasteiger partial charge >= 0.3 is 5.97 Å². The molecule has 0 saturated heterocycles. The first-order valence-electron chi connectivity index (χ1n) is 4.66. The number of carbonyl (C=O) groups is 1. The molecule has 0 aliphatic carbocycles. The highest BCUT2D eigenvalue weighted by atomic mass is 32.1. The number of rotatable bonds is 2. The van der Waals surface area contributed by atoms with Crippen LogP contribution in [0.2, 0.25) is 0 Å². The van der Waals surface area contributed by atoms with Crippen LogP contribution in [0.5, 0.6) is 0 Å².